The number of hydrogen-bond donors (Lipinski definition) is 1. The minimum Gasteiger partial charge on any atom is -0.316 e. The molecule has 0 spiro atoms. The van der Waals surface area contributed by atoms with Crippen LogP contribution in [0, 0.1) is 5.82 Å². The van der Waals surface area contributed by atoms with E-state index in [1.165, 1.54) is 17.7 Å². The highest BCUT2D eigenvalue weighted by molar-refractivity contribution is 9.10. The van der Waals surface area contributed by atoms with Gasteiger partial charge in [0.2, 0.25) is 0 Å². The normalized spacial score (nSPS) is 13.9. The number of rotatable bonds is 6. The lowest BCUT2D eigenvalue weighted by molar-refractivity contribution is 0.447. The number of nitrogens with one attached hydrogen (secondary N) is 1. The molecule has 2 aromatic carbocycles. The van der Waals surface area contributed by atoms with E-state index in [-0.39, 0.29) is 5.82 Å². The van der Waals surface area contributed by atoms with Crippen LogP contribution in [0.5, 0.6) is 0 Å². The van der Waals surface area contributed by atoms with E-state index in [4.69, 9.17) is 0 Å². The molecule has 2 rings (SSSR count). The van der Waals surface area contributed by atoms with Crippen LogP contribution in [0.3, 0.4) is 0 Å². The fourth-order valence-corrected chi connectivity index (χ4v) is 3.34. The summed E-state index contributed by atoms with van der Waals surface area (Å²) in [5.74, 6) is 0.231. The standard InChI is InChI=1S/C18H21BrFN/c1-3-16(13-7-5-4-6-8-13)18(21-2)11-14-9-10-15(20)12-17(14)19/h4-10,12,16,18,21H,3,11H2,1-2H3. The average Bonchev–Trinajstić information content (AvgIpc) is 2.50. The van der Waals surface area contributed by atoms with Crippen molar-refractivity contribution >= 4 is 15.9 Å². The molecule has 0 bridgehead atoms. The molecule has 0 aliphatic carbocycles. The van der Waals surface area contributed by atoms with Gasteiger partial charge in [0.15, 0.2) is 0 Å². The molecule has 3 heteroatoms. The highest BCUT2D eigenvalue weighted by atomic mass is 79.9. The molecule has 0 aliphatic rings. The molecule has 0 aromatic heterocycles. The summed E-state index contributed by atoms with van der Waals surface area (Å²) >= 11 is 3.46. The zero-order chi connectivity index (χ0) is 15.2. The fraction of sp³-hybridized carbons (Fsp3) is 0.333. The Morgan fingerprint density at radius 3 is 2.43 bits per heavy atom. The summed E-state index contributed by atoms with van der Waals surface area (Å²) in [4.78, 5) is 0. The van der Waals surface area contributed by atoms with Gasteiger partial charge in [-0.2, -0.15) is 0 Å². The lowest BCUT2D eigenvalue weighted by atomic mass is 9.86. The van der Waals surface area contributed by atoms with E-state index >= 15 is 0 Å². The van der Waals surface area contributed by atoms with Crippen LogP contribution in [0.2, 0.25) is 0 Å². The predicted molar refractivity (Wildman–Crippen MR) is 90.1 cm³/mol. The Kier molecular flexibility index (Phi) is 5.95. The second kappa shape index (κ2) is 7.71. The second-order valence-corrected chi connectivity index (χ2v) is 6.11. The Balaban J connectivity index is 2.22. The first-order valence-electron chi connectivity index (χ1n) is 7.31. The van der Waals surface area contributed by atoms with Crippen LogP contribution < -0.4 is 5.32 Å². The summed E-state index contributed by atoms with van der Waals surface area (Å²) in [6.07, 6.45) is 1.93. The van der Waals surface area contributed by atoms with Crippen LogP contribution in [0.15, 0.2) is 53.0 Å². The lowest BCUT2D eigenvalue weighted by Gasteiger charge is -2.27. The van der Waals surface area contributed by atoms with E-state index in [0.717, 1.165) is 22.9 Å². The van der Waals surface area contributed by atoms with E-state index in [1.807, 2.05) is 19.2 Å². The van der Waals surface area contributed by atoms with E-state index in [2.05, 4.69) is 52.4 Å². The van der Waals surface area contributed by atoms with E-state index in [1.54, 1.807) is 0 Å². The van der Waals surface area contributed by atoms with Crippen molar-refractivity contribution in [3.05, 3.63) is 69.9 Å². The van der Waals surface area contributed by atoms with Crippen molar-refractivity contribution in [1.82, 2.24) is 5.32 Å². The van der Waals surface area contributed by atoms with E-state index in [9.17, 15) is 4.39 Å². The predicted octanol–water partition coefficient (Wildman–Crippen LogP) is 4.91. The second-order valence-electron chi connectivity index (χ2n) is 5.26. The maximum atomic E-state index is 13.2. The monoisotopic (exact) mass is 349 g/mol. The van der Waals surface area contributed by atoms with Crippen LogP contribution in [0.4, 0.5) is 4.39 Å². The van der Waals surface area contributed by atoms with Crippen molar-refractivity contribution in [2.45, 2.75) is 31.7 Å². The maximum Gasteiger partial charge on any atom is 0.124 e. The van der Waals surface area contributed by atoms with Gasteiger partial charge in [-0.3, -0.25) is 0 Å². The van der Waals surface area contributed by atoms with Gasteiger partial charge in [-0.1, -0.05) is 59.3 Å². The van der Waals surface area contributed by atoms with Crippen molar-refractivity contribution in [3.8, 4) is 0 Å². The smallest absolute Gasteiger partial charge is 0.124 e. The van der Waals surface area contributed by atoms with E-state index < -0.39 is 0 Å². The highest BCUT2D eigenvalue weighted by Crippen LogP contribution is 2.28. The van der Waals surface area contributed by atoms with Gasteiger partial charge in [0, 0.05) is 10.5 Å². The van der Waals surface area contributed by atoms with E-state index in [0.29, 0.717) is 12.0 Å². The third kappa shape index (κ3) is 4.14. The Morgan fingerprint density at radius 1 is 1.14 bits per heavy atom. The first kappa shape index (κ1) is 16.2. The van der Waals surface area contributed by atoms with Crippen LogP contribution in [-0.4, -0.2) is 13.1 Å². The van der Waals surface area contributed by atoms with Gasteiger partial charge in [0.1, 0.15) is 5.82 Å². The summed E-state index contributed by atoms with van der Waals surface area (Å²) in [5.41, 5.74) is 2.47. The van der Waals surface area contributed by atoms with Gasteiger partial charge in [0.05, 0.1) is 0 Å². The molecule has 21 heavy (non-hydrogen) atoms. The summed E-state index contributed by atoms with van der Waals surface area (Å²) < 4.78 is 14.0. The summed E-state index contributed by atoms with van der Waals surface area (Å²) in [6, 6.07) is 15.8. The molecule has 0 fully saturated rings. The minimum atomic E-state index is -0.207. The molecule has 0 heterocycles. The van der Waals surface area contributed by atoms with Gasteiger partial charge in [-0.15, -0.1) is 0 Å². The summed E-state index contributed by atoms with van der Waals surface area (Å²) in [5, 5.41) is 3.43. The Labute approximate surface area is 134 Å². The van der Waals surface area contributed by atoms with Crippen molar-refractivity contribution in [3.63, 3.8) is 0 Å². The largest absolute Gasteiger partial charge is 0.316 e. The molecule has 0 saturated heterocycles. The maximum absolute atomic E-state index is 13.2. The molecular formula is C18H21BrFN. The van der Waals surface area contributed by atoms with Gasteiger partial charge in [-0.05, 0) is 49.1 Å². The third-order valence-corrected chi connectivity index (χ3v) is 4.72. The lowest BCUT2D eigenvalue weighted by Crippen LogP contribution is -2.34. The topological polar surface area (TPSA) is 12.0 Å². The van der Waals surface area contributed by atoms with Crippen LogP contribution >= 0.6 is 15.9 Å². The van der Waals surface area contributed by atoms with Gasteiger partial charge in [-0.25, -0.2) is 4.39 Å². The summed E-state index contributed by atoms with van der Waals surface area (Å²) in [7, 11) is 1.99. The average molecular weight is 350 g/mol. The third-order valence-electron chi connectivity index (χ3n) is 3.98. The van der Waals surface area contributed by atoms with Gasteiger partial charge < -0.3 is 5.32 Å². The van der Waals surface area contributed by atoms with Crippen molar-refractivity contribution in [1.29, 1.82) is 0 Å². The fourth-order valence-electron chi connectivity index (χ4n) is 2.82. The molecule has 0 saturated carbocycles. The number of halogens is 2. The SMILES string of the molecule is CCC(c1ccccc1)C(Cc1ccc(F)cc1Br)NC. The quantitative estimate of drug-likeness (QED) is 0.780. The van der Waals surface area contributed by atoms with Crippen LogP contribution in [-0.2, 0) is 6.42 Å². The molecule has 1 nitrogen and oxygen atoms in total. The molecule has 0 aliphatic heterocycles. The Bertz CT molecular complexity index is 571. The number of hydrogen-bond acceptors (Lipinski definition) is 1. The van der Waals surface area contributed by atoms with Crippen LogP contribution in [0.25, 0.3) is 0 Å². The molecule has 0 radical (unpaired) electrons. The number of benzene rings is 2. The molecule has 0 amide bonds. The van der Waals surface area contributed by atoms with Gasteiger partial charge >= 0.3 is 0 Å². The molecule has 2 aromatic rings. The van der Waals surface area contributed by atoms with Crippen molar-refractivity contribution in [2.75, 3.05) is 7.05 Å². The van der Waals surface area contributed by atoms with Crippen molar-refractivity contribution < 1.29 is 4.39 Å². The molecule has 112 valence electrons. The number of likely N-dealkylation sites (N-methyl/N-ethyl adjacent to an activating group) is 1. The summed E-state index contributed by atoms with van der Waals surface area (Å²) in [6.45, 7) is 2.21. The highest BCUT2D eigenvalue weighted by Gasteiger charge is 2.21. The zero-order valence-corrected chi connectivity index (χ0v) is 14.0. The van der Waals surface area contributed by atoms with Crippen LogP contribution in [0.1, 0.15) is 30.4 Å². The minimum absolute atomic E-state index is 0.207. The molecule has 2 atom stereocenters. The molecule has 1 N–H and O–H groups in total. The van der Waals surface area contributed by atoms with Gasteiger partial charge in [0.25, 0.3) is 0 Å². The first-order chi connectivity index (χ1) is 10.2. The Morgan fingerprint density at radius 2 is 1.86 bits per heavy atom. The molecule has 2 unspecified atom stereocenters. The zero-order valence-electron chi connectivity index (χ0n) is 12.4. The Hall–Kier alpha value is -1.19. The van der Waals surface area contributed by atoms with Crippen molar-refractivity contribution in [2.24, 2.45) is 0 Å². The first-order valence-corrected chi connectivity index (χ1v) is 8.11. The molecular weight excluding hydrogens is 329 g/mol.